The molecule has 4 heteroatoms. The van der Waals surface area contributed by atoms with Crippen LogP contribution in [0.1, 0.15) is 27.2 Å². The summed E-state index contributed by atoms with van der Waals surface area (Å²) < 4.78 is 7.42. The van der Waals surface area contributed by atoms with Crippen LogP contribution in [-0.4, -0.2) is 16.1 Å². The zero-order valence-corrected chi connectivity index (χ0v) is 11.0. The summed E-state index contributed by atoms with van der Waals surface area (Å²) in [5.41, 5.74) is 3.31. The van der Waals surface area contributed by atoms with Gasteiger partial charge in [0.1, 0.15) is 5.75 Å². The van der Waals surface area contributed by atoms with Crippen molar-refractivity contribution in [2.75, 3.05) is 0 Å². The Kier molecular flexibility index (Phi) is 3.19. The molecule has 0 saturated carbocycles. The molecule has 0 atom stereocenters. The van der Waals surface area contributed by atoms with Crippen LogP contribution in [0.2, 0.25) is 0 Å². The molecule has 4 nitrogen and oxygen atoms in total. The van der Waals surface area contributed by atoms with Crippen LogP contribution in [0.5, 0.6) is 11.6 Å². The van der Waals surface area contributed by atoms with Crippen molar-refractivity contribution in [3.8, 4) is 11.6 Å². The number of benzene rings is 1. The number of carbonyl (C=O) groups excluding carboxylic acids is 1. The van der Waals surface area contributed by atoms with Gasteiger partial charge in [0.2, 0.25) is 5.88 Å². The van der Waals surface area contributed by atoms with Gasteiger partial charge in [0, 0.05) is 7.05 Å². The first-order chi connectivity index (χ1) is 8.52. The molecular weight excluding hydrogens is 228 g/mol. The van der Waals surface area contributed by atoms with Gasteiger partial charge in [0.15, 0.2) is 6.29 Å². The summed E-state index contributed by atoms with van der Waals surface area (Å²) in [6.45, 7) is 5.76. The summed E-state index contributed by atoms with van der Waals surface area (Å²) >= 11 is 0. The third-order valence-corrected chi connectivity index (χ3v) is 2.88. The van der Waals surface area contributed by atoms with Gasteiger partial charge in [-0.15, -0.1) is 0 Å². The normalized spacial score (nSPS) is 10.4. The van der Waals surface area contributed by atoms with Crippen LogP contribution in [0, 0.1) is 20.8 Å². The minimum atomic E-state index is 0.483. The number of aromatic nitrogens is 2. The van der Waals surface area contributed by atoms with E-state index >= 15 is 0 Å². The second-order valence-corrected chi connectivity index (χ2v) is 4.42. The Hall–Kier alpha value is -2.10. The van der Waals surface area contributed by atoms with Crippen LogP contribution in [0.25, 0.3) is 0 Å². The molecule has 0 radical (unpaired) electrons. The highest BCUT2D eigenvalue weighted by atomic mass is 16.5. The van der Waals surface area contributed by atoms with E-state index in [4.69, 9.17) is 4.74 Å². The van der Waals surface area contributed by atoms with Gasteiger partial charge in [-0.1, -0.05) is 12.1 Å². The van der Waals surface area contributed by atoms with Crippen molar-refractivity contribution in [3.05, 3.63) is 40.6 Å². The third-order valence-electron chi connectivity index (χ3n) is 2.88. The maximum atomic E-state index is 11.1. The van der Waals surface area contributed by atoms with E-state index in [0.717, 1.165) is 23.2 Å². The average Bonchev–Trinajstić information content (AvgIpc) is 2.58. The molecule has 0 unspecified atom stereocenters. The van der Waals surface area contributed by atoms with E-state index in [1.807, 2.05) is 32.0 Å². The summed E-state index contributed by atoms with van der Waals surface area (Å²) in [7, 11) is 1.76. The Morgan fingerprint density at radius 1 is 1.28 bits per heavy atom. The molecule has 0 saturated heterocycles. The van der Waals surface area contributed by atoms with Crippen molar-refractivity contribution < 1.29 is 9.53 Å². The van der Waals surface area contributed by atoms with E-state index in [1.165, 1.54) is 0 Å². The molecule has 0 bridgehead atoms. The fourth-order valence-electron chi connectivity index (χ4n) is 1.83. The van der Waals surface area contributed by atoms with Crippen LogP contribution < -0.4 is 4.74 Å². The van der Waals surface area contributed by atoms with Crippen molar-refractivity contribution in [3.63, 3.8) is 0 Å². The number of aldehydes is 1. The van der Waals surface area contributed by atoms with Crippen molar-refractivity contribution in [2.24, 2.45) is 7.05 Å². The third kappa shape index (κ3) is 2.14. The monoisotopic (exact) mass is 244 g/mol. The molecular formula is C14H16N2O2. The number of rotatable bonds is 3. The van der Waals surface area contributed by atoms with Gasteiger partial charge in [0.05, 0.1) is 11.3 Å². The molecule has 94 valence electrons. The lowest BCUT2D eigenvalue weighted by Gasteiger charge is -2.10. The molecule has 0 aliphatic rings. The first-order valence-corrected chi connectivity index (χ1v) is 5.77. The number of hydrogen-bond acceptors (Lipinski definition) is 3. The van der Waals surface area contributed by atoms with Gasteiger partial charge in [-0.3, -0.25) is 4.79 Å². The molecule has 18 heavy (non-hydrogen) atoms. The van der Waals surface area contributed by atoms with Crippen molar-refractivity contribution >= 4 is 6.29 Å². The Morgan fingerprint density at radius 2 is 2.00 bits per heavy atom. The fourth-order valence-corrected chi connectivity index (χ4v) is 1.83. The molecule has 2 rings (SSSR count). The number of ether oxygens (including phenoxy) is 1. The first-order valence-electron chi connectivity index (χ1n) is 5.77. The van der Waals surface area contributed by atoms with Crippen molar-refractivity contribution in [1.82, 2.24) is 9.78 Å². The van der Waals surface area contributed by atoms with E-state index in [1.54, 1.807) is 18.7 Å². The van der Waals surface area contributed by atoms with Gasteiger partial charge < -0.3 is 4.74 Å². The minimum absolute atomic E-state index is 0.483. The Morgan fingerprint density at radius 3 is 2.67 bits per heavy atom. The van der Waals surface area contributed by atoms with Crippen molar-refractivity contribution in [1.29, 1.82) is 0 Å². The molecule has 1 heterocycles. The van der Waals surface area contributed by atoms with Crippen LogP contribution in [-0.2, 0) is 7.05 Å². The lowest BCUT2D eigenvalue weighted by atomic mass is 10.1. The molecule has 0 N–H and O–H groups in total. The summed E-state index contributed by atoms with van der Waals surface area (Å²) in [5.74, 6) is 1.23. The number of nitrogens with zero attached hydrogens (tertiary/aromatic N) is 2. The molecule has 0 amide bonds. The zero-order chi connectivity index (χ0) is 13.3. The van der Waals surface area contributed by atoms with Crippen LogP contribution in [0.4, 0.5) is 0 Å². The van der Waals surface area contributed by atoms with E-state index in [9.17, 15) is 4.79 Å². The highest BCUT2D eigenvalue weighted by Gasteiger charge is 2.15. The van der Waals surface area contributed by atoms with Gasteiger partial charge in [-0.05, 0) is 38.0 Å². The largest absolute Gasteiger partial charge is 0.438 e. The number of aryl methyl sites for hydroxylation is 4. The van der Waals surface area contributed by atoms with Crippen LogP contribution in [0.3, 0.4) is 0 Å². The van der Waals surface area contributed by atoms with E-state index in [0.29, 0.717) is 17.1 Å². The SMILES string of the molecule is Cc1ccc(C)c(Oc2c(C=O)c(C)nn2C)c1. The van der Waals surface area contributed by atoms with E-state index in [-0.39, 0.29) is 0 Å². The molecule has 1 aromatic heterocycles. The number of carbonyl (C=O) groups is 1. The summed E-state index contributed by atoms with van der Waals surface area (Å²) in [6.07, 6.45) is 0.781. The van der Waals surface area contributed by atoms with E-state index in [2.05, 4.69) is 5.10 Å². The maximum Gasteiger partial charge on any atom is 0.228 e. The highest BCUT2D eigenvalue weighted by Crippen LogP contribution is 2.28. The first kappa shape index (κ1) is 12.4. The standard InChI is InChI=1S/C14H16N2O2/c1-9-5-6-10(2)13(7-9)18-14-12(8-17)11(3)15-16(14)4/h5-8H,1-4H3. The average molecular weight is 244 g/mol. The number of hydrogen-bond donors (Lipinski definition) is 0. The van der Waals surface area contributed by atoms with Crippen molar-refractivity contribution in [2.45, 2.75) is 20.8 Å². The van der Waals surface area contributed by atoms with Crippen LogP contribution in [0.15, 0.2) is 18.2 Å². The summed E-state index contributed by atoms with van der Waals surface area (Å²) in [5, 5.41) is 4.19. The summed E-state index contributed by atoms with van der Waals surface area (Å²) in [4.78, 5) is 11.1. The highest BCUT2D eigenvalue weighted by molar-refractivity contribution is 5.80. The van der Waals surface area contributed by atoms with E-state index < -0.39 is 0 Å². The lowest BCUT2D eigenvalue weighted by molar-refractivity contribution is 0.112. The molecule has 1 aromatic carbocycles. The maximum absolute atomic E-state index is 11.1. The topological polar surface area (TPSA) is 44.1 Å². The second-order valence-electron chi connectivity index (χ2n) is 4.42. The predicted molar refractivity (Wildman–Crippen MR) is 69.3 cm³/mol. The van der Waals surface area contributed by atoms with Gasteiger partial charge >= 0.3 is 0 Å². The molecule has 0 spiro atoms. The Balaban J connectivity index is 2.45. The molecule has 0 aliphatic heterocycles. The summed E-state index contributed by atoms with van der Waals surface area (Å²) in [6, 6.07) is 5.97. The predicted octanol–water partition coefficient (Wildman–Crippen LogP) is 2.95. The fraction of sp³-hybridized carbons (Fsp3) is 0.286. The molecule has 2 aromatic rings. The van der Waals surface area contributed by atoms with Gasteiger partial charge in [-0.2, -0.15) is 5.10 Å². The minimum Gasteiger partial charge on any atom is -0.438 e. The smallest absolute Gasteiger partial charge is 0.228 e. The second kappa shape index (κ2) is 4.64. The Labute approximate surface area is 106 Å². The van der Waals surface area contributed by atoms with Gasteiger partial charge in [-0.25, -0.2) is 4.68 Å². The van der Waals surface area contributed by atoms with Crippen LogP contribution >= 0.6 is 0 Å². The van der Waals surface area contributed by atoms with Gasteiger partial charge in [0.25, 0.3) is 0 Å². The molecule has 0 fully saturated rings. The molecule has 0 aliphatic carbocycles. The zero-order valence-electron chi connectivity index (χ0n) is 11.0. The lowest BCUT2D eigenvalue weighted by Crippen LogP contribution is -1.98. The Bertz CT molecular complexity index is 600. The quantitative estimate of drug-likeness (QED) is 0.780.